The number of hydrogen-bond donors (Lipinski definition) is 1. The van der Waals surface area contributed by atoms with Crippen molar-refractivity contribution in [3.05, 3.63) is 95.1 Å². The summed E-state index contributed by atoms with van der Waals surface area (Å²) in [5, 5.41) is 13.2. The third-order valence-electron chi connectivity index (χ3n) is 7.35. The number of nitrogens with zero attached hydrogens (tertiary/aromatic N) is 2. The molecule has 0 saturated carbocycles. The van der Waals surface area contributed by atoms with Crippen molar-refractivity contribution in [2.75, 3.05) is 11.5 Å². The van der Waals surface area contributed by atoms with Crippen LogP contribution in [0.2, 0.25) is 0 Å². The molecule has 1 saturated heterocycles. The van der Waals surface area contributed by atoms with E-state index in [4.69, 9.17) is 4.74 Å². The van der Waals surface area contributed by atoms with Crippen molar-refractivity contribution in [1.82, 2.24) is 0 Å². The first-order valence-electron chi connectivity index (χ1n) is 11.1. The standard InChI is InChI=1S/C27H22N2O4/c1-2-33-17-13-11-16(12-14-17)29-25(30)23-22-18-7-3-5-9-20(18)27(15-28-32,24(23)26(29)31)21-10-6-4-8-19(21)22/h3-15,22-24,32H,2H2,1H3/t22?,23-,24-,27?/m0/s1. The van der Waals surface area contributed by atoms with Gasteiger partial charge in [-0.3, -0.25) is 9.59 Å². The predicted octanol–water partition coefficient (Wildman–Crippen LogP) is 4.10. The van der Waals surface area contributed by atoms with E-state index >= 15 is 0 Å². The second-order valence-electron chi connectivity index (χ2n) is 8.71. The van der Waals surface area contributed by atoms with Crippen LogP contribution in [-0.4, -0.2) is 29.8 Å². The van der Waals surface area contributed by atoms with Gasteiger partial charge in [-0.05, 0) is 53.4 Å². The molecule has 3 aliphatic carbocycles. The summed E-state index contributed by atoms with van der Waals surface area (Å²) in [6.07, 6.45) is 1.45. The van der Waals surface area contributed by atoms with Crippen molar-refractivity contribution in [3.63, 3.8) is 0 Å². The Labute approximate surface area is 191 Å². The third-order valence-corrected chi connectivity index (χ3v) is 7.35. The minimum atomic E-state index is -1.02. The van der Waals surface area contributed by atoms with Gasteiger partial charge in [-0.25, -0.2) is 4.90 Å². The van der Waals surface area contributed by atoms with Crippen molar-refractivity contribution in [2.45, 2.75) is 18.3 Å². The van der Waals surface area contributed by atoms with E-state index in [9.17, 15) is 14.8 Å². The lowest BCUT2D eigenvalue weighted by Gasteiger charge is -2.52. The van der Waals surface area contributed by atoms with Gasteiger partial charge in [0, 0.05) is 5.92 Å². The minimum absolute atomic E-state index is 0.223. The fourth-order valence-electron chi connectivity index (χ4n) is 6.25. The van der Waals surface area contributed by atoms with Crippen LogP contribution in [0.3, 0.4) is 0 Å². The number of imide groups is 1. The highest BCUT2D eigenvalue weighted by atomic mass is 16.5. The molecule has 1 aliphatic heterocycles. The Morgan fingerprint density at radius 3 is 2.12 bits per heavy atom. The summed E-state index contributed by atoms with van der Waals surface area (Å²) in [6, 6.07) is 22.8. The van der Waals surface area contributed by atoms with Crippen molar-refractivity contribution in [1.29, 1.82) is 0 Å². The van der Waals surface area contributed by atoms with Crippen LogP contribution in [0.25, 0.3) is 0 Å². The number of oxime groups is 1. The fourth-order valence-corrected chi connectivity index (χ4v) is 6.25. The van der Waals surface area contributed by atoms with Gasteiger partial charge in [-0.15, -0.1) is 5.16 Å². The van der Waals surface area contributed by atoms with Crippen molar-refractivity contribution in [3.8, 4) is 5.75 Å². The smallest absolute Gasteiger partial charge is 0.239 e. The molecule has 164 valence electrons. The summed E-state index contributed by atoms with van der Waals surface area (Å²) in [5.74, 6) is -1.32. The molecule has 0 radical (unpaired) electrons. The molecule has 3 aromatic rings. The molecule has 6 nitrogen and oxygen atoms in total. The number of carbonyl (C=O) groups excluding carboxylic acids is 2. The van der Waals surface area contributed by atoms with E-state index in [-0.39, 0.29) is 17.7 Å². The number of ether oxygens (including phenoxy) is 1. The highest BCUT2D eigenvalue weighted by Gasteiger charge is 2.68. The molecule has 1 N–H and O–H groups in total. The van der Waals surface area contributed by atoms with Gasteiger partial charge in [0.05, 0.1) is 35.8 Å². The van der Waals surface area contributed by atoms with Gasteiger partial charge in [-0.2, -0.15) is 0 Å². The SMILES string of the molecule is CCOc1ccc(N2C(=O)[C@@H]3[C@@H](C2=O)C2c4ccccc4C3(C=NO)c3ccccc32)cc1. The second-order valence-corrected chi connectivity index (χ2v) is 8.71. The highest BCUT2D eigenvalue weighted by molar-refractivity contribution is 6.25. The van der Waals surface area contributed by atoms with Crippen LogP contribution >= 0.6 is 0 Å². The largest absolute Gasteiger partial charge is 0.494 e. The van der Waals surface area contributed by atoms with Crippen LogP contribution in [0.15, 0.2) is 78.0 Å². The summed E-state index contributed by atoms with van der Waals surface area (Å²) < 4.78 is 5.51. The summed E-state index contributed by atoms with van der Waals surface area (Å²) in [5.41, 5.74) is 3.35. The Bertz CT molecular complexity index is 1270. The predicted molar refractivity (Wildman–Crippen MR) is 123 cm³/mol. The van der Waals surface area contributed by atoms with Crippen molar-refractivity contribution >= 4 is 23.7 Å². The molecule has 0 spiro atoms. The first kappa shape index (κ1) is 19.7. The van der Waals surface area contributed by atoms with Crippen LogP contribution in [0.1, 0.15) is 35.1 Å². The average molecular weight is 438 g/mol. The van der Waals surface area contributed by atoms with E-state index in [0.29, 0.717) is 18.0 Å². The second kappa shape index (κ2) is 7.04. The summed E-state index contributed by atoms with van der Waals surface area (Å²) in [7, 11) is 0. The lowest BCUT2D eigenvalue weighted by molar-refractivity contribution is -0.122. The number of hydrogen-bond acceptors (Lipinski definition) is 5. The topological polar surface area (TPSA) is 79.2 Å². The maximum absolute atomic E-state index is 14.0. The quantitative estimate of drug-likeness (QED) is 0.288. The van der Waals surface area contributed by atoms with E-state index in [1.165, 1.54) is 11.1 Å². The number of amides is 2. The molecule has 4 aliphatic rings. The summed E-state index contributed by atoms with van der Waals surface area (Å²) in [4.78, 5) is 29.2. The molecule has 0 aromatic heterocycles. The van der Waals surface area contributed by atoms with Gasteiger partial charge < -0.3 is 9.94 Å². The Balaban J connectivity index is 1.58. The van der Waals surface area contributed by atoms with E-state index in [2.05, 4.69) is 5.16 Å². The normalized spacial score (nSPS) is 26.9. The Morgan fingerprint density at radius 2 is 1.55 bits per heavy atom. The van der Waals surface area contributed by atoms with E-state index < -0.39 is 17.3 Å². The van der Waals surface area contributed by atoms with E-state index in [1.807, 2.05) is 55.5 Å². The molecule has 6 heteroatoms. The summed E-state index contributed by atoms with van der Waals surface area (Å²) >= 11 is 0. The molecule has 2 bridgehead atoms. The molecular formula is C27H22N2O4. The van der Waals surface area contributed by atoms with Crippen LogP contribution in [0, 0.1) is 11.8 Å². The Morgan fingerprint density at radius 1 is 0.939 bits per heavy atom. The third kappa shape index (κ3) is 2.40. The van der Waals surface area contributed by atoms with Crippen LogP contribution < -0.4 is 9.64 Å². The maximum Gasteiger partial charge on any atom is 0.239 e. The number of benzene rings is 3. The molecule has 0 unspecified atom stereocenters. The molecule has 2 amide bonds. The molecule has 2 atom stereocenters. The molecule has 1 heterocycles. The van der Waals surface area contributed by atoms with Gasteiger partial charge in [-0.1, -0.05) is 48.5 Å². The zero-order valence-corrected chi connectivity index (χ0v) is 18.0. The number of carbonyl (C=O) groups is 2. The average Bonchev–Trinajstić information content (AvgIpc) is 3.11. The van der Waals surface area contributed by atoms with Gasteiger partial charge in [0.25, 0.3) is 0 Å². The van der Waals surface area contributed by atoms with E-state index in [0.717, 1.165) is 22.3 Å². The summed E-state index contributed by atoms with van der Waals surface area (Å²) in [6.45, 7) is 2.44. The lowest BCUT2D eigenvalue weighted by atomic mass is 9.47. The van der Waals surface area contributed by atoms with Gasteiger partial charge in [0.1, 0.15) is 5.75 Å². The van der Waals surface area contributed by atoms with Crippen LogP contribution in [0.4, 0.5) is 5.69 Å². The van der Waals surface area contributed by atoms with Gasteiger partial charge in [0.15, 0.2) is 0 Å². The molecule has 3 aromatic carbocycles. The number of anilines is 1. The monoisotopic (exact) mass is 438 g/mol. The Kier molecular flexibility index (Phi) is 4.21. The zero-order chi connectivity index (χ0) is 22.7. The first-order chi connectivity index (χ1) is 16.1. The van der Waals surface area contributed by atoms with Crippen LogP contribution in [0.5, 0.6) is 5.75 Å². The van der Waals surface area contributed by atoms with Gasteiger partial charge >= 0.3 is 0 Å². The number of rotatable bonds is 4. The van der Waals surface area contributed by atoms with Crippen molar-refractivity contribution in [2.24, 2.45) is 17.0 Å². The zero-order valence-electron chi connectivity index (χ0n) is 18.0. The molecule has 7 rings (SSSR count). The highest BCUT2D eigenvalue weighted by Crippen LogP contribution is 2.63. The minimum Gasteiger partial charge on any atom is -0.494 e. The van der Waals surface area contributed by atoms with Crippen molar-refractivity contribution < 1.29 is 19.5 Å². The molecule has 1 fully saturated rings. The fraction of sp³-hybridized carbons (Fsp3) is 0.222. The van der Waals surface area contributed by atoms with Gasteiger partial charge in [0.2, 0.25) is 11.8 Å². The first-order valence-corrected chi connectivity index (χ1v) is 11.1. The lowest BCUT2D eigenvalue weighted by Crippen LogP contribution is -2.54. The van der Waals surface area contributed by atoms with Crippen LogP contribution in [-0.2, 0) is 15.0 Å². The van der Waals surface area contributed by atoms with E-state index in [1.54, 1.807) is 24.3 Å². The molecule has 33 heavy (non-hydrogen) atoms. The molecular weight excluding hydrogens is 416 g/mol. The maximum atomic E-state index is 14.0. The Hall–Kier alpha value is -3.93.